The number of hydrogen-bond donors (Lipinski definition) is 1. The molecule has 45 heavy (non-hydrogen) atoms. The number of carbonyl (C=O) groups is 1. The quantitative estimate of drug-likeness (QED) is 0.179. The molecule has 0 saturated carbocycles. The Bertz CT molecular complexity index is 2130. The van der Waals surface area contributed by atoms with E-state index in [4.69, 9.17) is 19.2 Å². The summed E-state index contributed by atoms with van der Waals surface area (Å²) in [6.07, 6.45) is 3.22. The summed E-state index contributed by atoms with van der Waals surface area (Å²) in [7, 11) is 3.21. The van der Waals surface area contributed by atoms with Crippen molar-refractivity contribution in [2.75, 3.05) is 20.8 Å². The van der Waals surface area contributed by atoms with Crippen LogP contribution in [0.25, 0.3) is 28.2 Å². The number of fused-ring (bicyclic) bond motifs is 2. The van der Waals surface area contributed by atoms with Crippen molar-refractivity contribution in [3.8, 4) is 22.8 Å². The second kappa shape index (κ2) is 12.9. The number of ether oxygens (including phenoxy) is 3. The lowest BCUT2D eigenvalue weighted by Crippen LogP contribution is -2.40. The molecule has 0 spiro atoms. The summed E-state index contributed by atoms with van der Waals surface area (Å²) in [5, 5.41) is 0.920. The molecule has 6 rings (SSSR count). The van der Waals surface area contributed by atoms with Gasteiger partial charge in [-0.05, 0) is 61.4 Å². The average Bonchev–Trinajstić information content (AvgIpc) is 3.57. The predicted molar refractivity (Wildman–Crippen MR) is 181 cm³/mol. The van der Waals surface area contributed by atoms with Gasteiger partial charge in [-0.2, -0.15) is 0 Å². The van der Waals surface area contributed by atoms with Crippen LogP contribution in [0, 0.1) is 0 Å². The molecule has 0 fully saturated rings. The van der Waals surface area contributed by atoms with Crippen molar-refractivity contribution in [1.82, 2.24) is 9.55 Å². The van der Waals surface area contributed by atoms with E-state index in [1.165, 1.54) is 11.3 Å². The standard InChI is InChI=1S/C35H32BrN3O5S/c1-5-10-27-30(34(41)44-6-2)32(25-17-21(36)13-16-28(25)43-4)39-33(40)29(45-35(39)38-27)19-24-23-18-22(42-3)14-15-26(23)37-31(24)20-11-8-7-9-12-20/h7-9,11-19,32,37H,5-6,10H2,1-4H3/b29-19+/t32-/m0/s1. The molecule has 10 heteroatoms. The molecular weight excluding hydrogens is 654 g/mol. The number of hydrogen-bond acceptors (Lipinski definition) is 7. The van der Waals surface area contributed by atoms with Gasteiger partial charge >= 0.3 is 5.97 Å². The van der Waals surface area contributed by atoms with Crippen molar-refractivity contribution in [2.45, 2.75) is 32.7 Å². The van der Waals surface area contributed by atoms with Crippen molar-refractivity contribution < 1.29 is 19.0 Å². The molecule has 2 aromatic heterocycles. The molecule has 1 aliphatic heterocycles. The van der Waals surface area contributed by atoms with Crippen molar-refractivity contribution in [3.63, 3.8) is 0 Å². The third-order valence-electron chi connectivity index (χ3n) is 7.76. The van der Waals surface area contributed by atoms with E-state index in [0.29, 0.717) is 44.1 Å². The van der Waals surface area contributed by atoms with Crippen LogP contribution < -0.4 is 24.4 Å². The van der Waals surface area contributed by atoms with Gasteiger partial charge in [0.2, 0.25) is 0 Å². The zero-order valence-corrected chi connectivity index (χ0v) is 27.8. The molecule has 5 aromatic rings. The molecule has 0 aliphatic carbocycles. The third-order valence-corrected chi connectivity index (χ3v) is 9.24. The van der Waals surface area contributed by atoms with Crippen molar-refractivity contribution in [3.05, 3.63) is 113 Å². The minimum absolute atomic E-state index is 0.195. The number of nitrogens with one attached hydrogen (secondary N) is 1. The van der Waals surface area contributed by atoms with Crippen LogP contribution in [0.5, 0.6) is 11.5 Å². The zero-order chi connectivity index (χ0) is 31.7. The Balaban J connectivity index is 1.67. The first kappa shape index (κ1) is 30.6. The van der Waals surface area contributed by atoms with E-state index in [1.54, 1.807) is 25.7 Å². The largest absolute Gasteiger partial charge is 0.497 e. The highest BCUT2D eigenvalue weighted by Gasteiger charge is 2.36. The second-order valence-corrected chi connectivity index (χ2v) is 12.4. The molecule has 0 radical (unpaired) electrons. The number of nitrogens with zero attached hydrogens (tertiary/aromatic N) is 2. The van der Waals surface area contributed by atoms with E-state index in [-0.39, 0.29) is 12.2 Å². The normalized spacial score (nSPS) is 14.8. The lowest BCUT2D eigenvalue weighted by atomic mass is 9.93. The third kappa shape index (κ3) is 5.64. The van der Waals surface area contributed by atoms with Gasteiger partial charge < -0.3 is 19.2 Å². The first-order valence-electron chi connectivity index (χ1n) is 14.7. The Hall–Kier alpha value is -4.41. The molecule has 8 nitrogen and oxygen atoms in total. The fourth-order valence-electron chi connectivity index (χ4n) is 5.77. The number of thiazole rings is 1. The summed E-state index contributed by atoms with van der Waals surface area (Å²) in [6.45, 7) is 3.99. The van der Waals surface area contributed by atoms with Crippen LogP contribution >= 0.6 is 27.3 Å². The summed E-state index contributed by atoms with van der Waals surface area (Å²) in [4.78, 5) is 37.1. The van der Waals surface area contributed by atoms with Crippen molar-refractivity contribution >= 4 is 50.2 Å². The van der Waals surface area contributed by atoms with Crippen LogP contribution in [0.1, 0.15) is 43.9 Å². The number of rotatable bonds is 9. The Morgan fingerprint density at radius 3 is 2.58 bits per heavy atom. The molecule has 3 heterocycles. The fourth-order valence-corrected chi connectivity index (χ4v) is 7.15. The van der Waals surface area contributed by atoms with Crippen LogP contribution in [-0.2, 0) is 9.53 Å². The smallest absolute Gasteiger partial charge is 0.338 e. The van der Waals surface area contributed by atoms with Crippen LogP contribution in [0.15, 0.2) is 92.3 Å². The molecule has 1 N–H and O–H groups in total. The number of carbonyl (C=O) groups excluding carboxylic acids is 1. The number of halogens is 1. The number of H-pyrrole nitrogens is 1. The molecule has 0 saturated heterocycles. The minimum atomic E-state index is -0.798. The van der Waals surface area contributed by atoms with Crippen molar-refractivity contribution in [1.29, 1.82) is 0 Å². The van der Waals surface area contributed by atoms with E-state index in [1.807, 2.05) is 79.7 Å². The summed E-state index contributed by atoms with van der Waals surface area (Å²) in [6, 6.07) is 20.6. The van der Waals surface area contributed by atoms with Gasteiger partial charge in [0, 0.05) is 26.5 Å². The number of methoxy groups -OCH3 is 2. The van der Waals surface area contributed by atoms with E-state index in [2.05, 4.69) is 20.9 Å². The molecule has 0 unspecified atom stereocenters. The van der Waals surface area contributed by atoms with Gasteiger partial charge in [-0.1, -0.05) is 70.9 Å². The summed E-state index contributed by atoms with van der Waals surface area (Å²) in [5.74, 6) is 0.760. The van der Waals surface area contributed by atoms with Crippen LogP contribution in [-0.4, -0.2) is 36.3 Å². The van der Waals surface area contributed by atoms with E-state index >= 15 is 0 Å². The molecule has 230 valence electrons. The number of esters is 1. The average molecular weight is 687 g/mol. The fraction of sp³-hybridized carbons (Fsp3) is 0.229. The Morgan fingerprint density at radius 1 is 1.07 bits per heavy atom. The predicted octanol–water partition coefficient (Wildman–Crippen LogP) is 6.51. The SMILES string of the molecule is CCCC1=C(C(=O)OCC)[C@H](c2cc(Br)ccc2OC)n2c(s/c(=C/c3c(-c4ccccc4)[nH]c4ccc(OC)cc34)c2=O)=N1. The van der Waals surface area contributed by atoms with Gasteiger partial charge in [-0.15, -0.1) is 0 Å². The number of allylic oxidation sites excluding steroid dienone is 1. The molecule has 3 aromatic carbocycles. The lowest BCUT2D eigenvalue weighted by Gasteiger charge is -2.27. The summed E-state index contributed by atoms with van der Waals surface area (Å²) < 4.78 is 19.7. The number of aromatic nitrogens is 2. The van der Waals surface area contributed by atoms with Gasteiger partial charge in [0.15, 0.2) is 4.80 Å². The monoisotopic (exact) mass is 685 g/mol. The van der Waals surface area contributed by atoms with Gasteiger partial charge in [-0.25, -0.2) is 9.79 Å². The molecule has 0 bridgehead atoms. The topological polar surface area (TPSA) is 94.9 Å². The second-order valence-electron chi connectivity index (χ2n) is 10.5. The van der Waals surface area contributed by atoms with Crippen molar-refractivity contribution in [2.24, 2.45) is 4.99 Å². The van der Waals surface area contributed by atoms with Gasteiger partial charge in [0.1, 0.15) is 17.5 Å². The van der Waals surface area contributed by atoms with E-state index < -0.39 is 12.0 Å². The maximum atomic E-state index is 14.5. The molecule has 1 atom stereocenters. The maximum absolute atomic E-state index is 14.5. The number of benzene rings is 3. The Kier molecular flexibility index (Phi) is 8.78. The maximum Gasteiger partial charge on any atom is 0.338 e. The van der Waals surface area contributed by atoms with Gasteiger partial charge in [-0.3, -0.25) is 9.36 Å². The Labute approximate surface area is 272 Å². The highest BCUT2D eigenvalue weighted by molar-refractivity contribution is 9.10. The molecular formula is C35H32BrN3O5S. The van der Waals surface area contributed by atoms with E-state index in [9.17, 15) is 9.59 Å². The van der Waals surface area contributed by atoms with Crippen LogP contribution in [0.4, 0.5) is 0 Å². The molecule has 1 aliphatic rings. The first-order valence-corrected chi connectivity index (χ1v) is 16.3. The zero-order valence-electron chi connectivity index (χ0n) is 25.3. The summed E-state index contributed by atoms with van der Waals surface area (Å²) >= 11 is 4.88. The highest BCUT2D eigenvalue weighted by Crippen LogP contribution is 2.38. The van der Waals surface area contributed by atoms with Gasteiger partial charge in [0.05, 0.1) is 42.3 Å². The highest BCUT2D eigenvalue weighted by atomic mass is 79.9. The summed E-state index contributed by atoms with van der Waals surface area (Å²) in [5.41, 5.74) is 4.99. The molecule has 0 amide bonds. The van der Waals surface area contributed by atoms with Crippen LogP contribution in [0.3, 0.4) is 0 Å². The first-order chi connectivity index (χ1) is 21.9. The van der Waals surface area contributed by atoms with E-state index in [0.717, 1.165) is 38.6 Å². The van der Waals surface area contributed by atoms with Gasteiger partial charge in [0.25, 0.3) is 5.56 Å². The minimum Gasteiger partial charge on any atom is -0.497 e. The lowest BCUT2D eigenvalue weighted by molar-refractivity contribution is -0.139. The van der Waals surface area contributed by atoms with Crippen LogP contribution in [0.2, 0.25) is 0 Å². The Morgan fingerprint density at radius 2 is 1.87 bits per heavy atom. The number of aromatic amines is 1.